The number of fused-ring (bicyclic) bond motifs is 1. The van der Waals surface area contributed by atoms with Crippen molar-refractivity contribution < 1.29 is 29.0 Å². The van der Waals surface area contributed by atoms with Gasteiger partial charge in [0.15, 0.2) is 0 Å². The third kappa shape index (κ3) is 5.00. The largest absolute Gasteiger partial charge is 0.497 e. The zero-order chi connectivity index (χ0) is 27.7. The molecule has 39 heavy (non-hydrogen) atoms. The Labute approximate surface area is 240 Å². The Hall–Kier alpha value is -2.76. The second kappa shape index (κ2) is 11.4. The van der Waals surface area contributed by atoms with Gasteiger partial charge in [0.2, 0.25) is 17.7 Å². The number of amides is 3. The van der Waals surface area contributed by atoms with Crippen LogP contribution in [0.2, 0.25) is 0 Å². The number of ether oxygens (including phenoxy) is 2. The Morgan fingerprint density at radius 1 is 1.08 bits per heavy atom. The molecule has 3 aliphatic heterocycles. The lowest BCUT2D eigenvalue weighted by atomic mass is 9.70. The first-order valence-electron chi connectivity index (χ1n) is 13.0. The van der Waals surface area contributed by atoms with Crippen LogP contribution in [0.15, 0.2) is 48.5 Å². The predicted molar refractivity (Wildman–Crippen MR) is 153 cm³/mol. The molecule has 9 nitrogen and oxygen atoms in total. The molecule has 3 heterocycles. The number of aliphatic hydroxyl groups excluding tert-OH is 1. The summed E-state index contributed by atoms with van der Waals surface area (Å²) in [4.78, 5) is 43.0. The van der Waals surface area contributed by atoms with Crippen LogP contribution in [0.3, 0.4) is 0 Å². The number of aliphatic hydroxyl groups is 1. The highest BCUT2D eigenvalue weighted by Crippen LogP contribution is 2.67. The highest BCUT2D eigenvalue weighted by atomic mass is 79.9. The highest BCUT2D eigenvalue weighted by Gasteiger charge is 2.75. The van der Waals surface area contributed by atoms with Crippen molar-refractivity contribution in [3.05, 3.63) is 48.5 Å². The van der Waals surface area contributed by atoms with E-state index in [-0.39, 0.29) is 41.0 Å². The summed E-state index contributed by atoms with van der Waals surface area (Å²) < 4.78 is 9.94. The van der Waals surface area contributed by atoms with Crippen molar-refractivity contribution in [2.24, 2.45) is 11.8 Å². The number of nitrogens with zero attached hydrogens (tertiary/aromatic N) is 1. The molecular formula is C28H32BrN3O6S. The Bertz CT molecular complexity index is 1230. The van der Waals surface area contributed by atoms with E-state index in [1.165, 1.54) is 0 Å². The van der Waals surface area contributed by atoms with Crippen molar-refractivity contribution in [3.63, 3.8) is 0 Å². The van der Waals surface area contributed by atoms with Crippen molar-refractivity contribution >= 4 is 56.8 Å². The van der Waals surface area contributed by atoms with Gasteiger partial charge in [-0.05, 0) is 68.3 Å². The summed E-state index contributed by atoms with van der Waals surface area (Å²) >= 11 is 5.34. The van der Waals surface area contributed by atoms with E-state index in [0.717, 1.165) is 0 Å². The molecule has 2 aromatic rings. The number of thioether (sulfide) groups is 1. The summed E-state index contributed by atoms with van der Waals surface area (Å²) in [5.41, 5.74) is 1.21. The fraction of sp³-hybridized carbons (Fsp3) is 0.464. The van der Waals surface area contributed by atoms with E-state index >= 15 is 0 Å². The molecule has 0 radical (unpaired) electrons. The van der Waals surface area contributed by atoms with Gasteiger partial charge in [-0.25, -0.2) is 0 Å². The SMILES string of the molecule is CCOc1ccc(NC(=O)[C@H]2[C@@H]3SC4(CC3Br)C(C(=O)Nc3ccc(OC)cc3)N(CCCO)C(=O)[C@H]24)cc1. The fourth-order valence-corrected chi connectivity index (χ4v) is 9.74. The van der Waals surface area contributed by atoms with Crippen LogP contribution in [0, 0.1) is 11.8 Å². The van der Waals surface area contributed by atoms with E-state index in [1.54, 1.807) is 72.3 Å². The van der Waals surface area contributed by atoms with Gasteiger partial charge in [0.1, 0.15) is 17.5 Å². The summed E-state index contributed by atoms with van der Waals surface area (Å²) in [6, 6.07) is 13.4. The number of benzene rings is 2. The normalized spacial score (nSPS) is 28.8. The minimum Gasteiger partial charge on any atom is -0.497 e. The monoisotopic (exact) mass is 617 g/mol. The van der Waals surface area contributed by atoms with Gasteiger partial charge in [-0.15, -0.1) is 11.8 Å². The minimum atomic E-state index is -0.776. The van der Waals surface area contributed by atoms with Crippen molar-refractivity contribution in [3.8, 4) is 11.5 Å². The molecule has 6 atom stereocenters. The second-order valence-electron chi connectivity index (χ2n) is 9.94. The average molecular weight is 619 g/mol. The van der Waals surface area contributed by atoms with Crippen molar-refractivity contribution in [2.75, 3.05) is 37.5 Å². The van der Waals surface area contributed by atoms with E-state index in [0.29, 0.717) is 42.3 Å². The molecule has 5 rings (SSSR count). The molecule has 208 valence electrons. The fourth-order valence-electron chi connectivity index (χ4n) is 6.12. The van der Waals surface area contributed by atoms with Crippen LogP contribution < -0.4 is 20.1 Å². The Kier molecular flexibility index (Phi) is 8.11. The molecule has 3 unspecified atom stereocenters. The molecule has 3 saturated heterocycles. The number of rotatable bonds is 10. The van der Waals surface area contributed by atoms with Gasteiger partial charge >= 0.3 is 0 Å². The zero-order valence-electron chi connectivity index (χ0n) is 21.8. The van der Waals surface area contributed by atoms with Gasteiger partial charge in [-0.3, -0.25) is 14.4 Å². The average Bonchev–Trinajstić information content (AvgIpc) is 3.52. The number of likely N-dealkylation sites (tertiary alicyclic amines) is 1. The maximum absolute atomic E-state index is 13.9. The molecule has 3 fully saturated rings. The van der Waals surface area contributed by atoms with E-state index in [9.17, 15) is 19.5 Å². The highest BCUT2D eigenvalue weighted by molar-refractivity contribution is 9.09. The Morgan fingerprint density at radius 3 is 2.28 bits per heavy atom. The van der Waals surface area contributed by atoms with Crippen LogP contribution >= 0.6 is 27.7 Å². The molecule has 0 saturated carbocycles. The molecule has 3 aliphatic rings. The zero-order valence-corrected chi connectivity index (χ0v) is 24.2. The van der Waals surface area contributed by atoms with E-state index in [1.807, 2.05) is 6.92 Å². The number of hydrogen-bond donors (Lipinski definition) is 3. The van der Waals surface area contributed by atoms with Crippen LogP contribution in [0.1, 0.15) is 19.8 Å². The summed E-state index contributed by atoms with van der Waals surface area (Å²) in [6.45, 7) is 2.58. The van der Waals surface area contributed by atoms with Gasteiger partial charge in [0.25, 0.3) is 0 Å². The molecule has 11 heteroatoms. The number of nitrogens with one attached hydrogen (secondary N) is 2. The molecular weight excluding hydrogens is 586 g/mol. The maximum Gasteiger partial charge on any atom is 0.248 e. The summed E-state index contributed by atoms with van der Waals surface area (Å²) in [7, 11) is 1.57. The summed E-state index contributed by atoms with van der Waals surface area (Å²) in [5.74, 6) is -0.618. The number of anilines is 2. The van der Waals surface area contributed by atoms with Crippen LogP contribution in [-0.4, -0.2) is 75.5 Å². The van der Waals surface area contributed by atoms with E-state index in [4.69, 9.17) is 9.47 Å². The first-order valence-corrected chi connectivity index (χ1v) is 14.8. The molecule has 3 amide bonds. The summed E-state index contributed by atoms with van der Waals surface area (Å²) in [6.07, 6.45) is 0.928. The number of alkyl halides is 1. The first kappa shape index (κ1) is 27.8. The van der Waals surface area contributed by atoms with Gasteiger partial charge in [0.05, 0.1) is 30.3 Å². The van der Waals surface area contributed by atoms with Gasteiger partial charge in [-0.2, -0.15) is 0 Å². The van der Waals surface area contributed by atoms with Crippen molar-refractivity contribution in [2.45, 2.75) is 40.6 Å². The number of carbonyl (C=O) groups excluding carboxylic acids is 3. The Balaban J connectivity index is 1.43. The standard InChI is InChI=1S/C28H32BrN3O6S/c1-3-38-19-11-7-16(8-12-19)30-25(34)21-22-27(36)32(13-4-14-33)24(28(22)15-20(29)23(21)39-28)26(35)31-17-5-9-18(37-2)10-6-17/h5-12,20-24,33H,3-4,13-15H2,1-2H3,(H,30,34)(H,31,35)/t20?,21-,22+,23-,24?,28?/m1/s1. The molecule has 0 aliphatic carbocycles. The number of methoxy groups -OCH3 is 1. The van der Waals surface area contributed by atoms with Crippen LogP contribution in [0.5, 0.6) is 11.5 Å². The molecule has 0 aromatic heterocycles. The Morgan fingerprint density at radius 2 is 1.69 bits per heavy atom. The maximum atomic E-state index is 13.9. The van der Waals surface area contributed by atoms with E-state index < -0.39 is 22.6 Å². The topological polar surface area (TPSA) is 117 Å². The van der Waals surface area contributed by atoms with E-state index in [2.05, 4.69) is 26.6 Å². The minimum absolute atomic E-state index is 0.0308. The predicted octanol–water partition coefficient (Wildman–Crippen LogP) is 3.52. The molecule has 3 N–H and O–H groups in total. The lowest BCUT2D eigenvalue weighted by Gasteiger charge is -2.35. The van der Waals surface area contributed by atoms with Gasteiger partial charge in [0, 0.05) is 34.6 Å². The van der Waals surface area contributed by atoms with Gasteiger partial charge < -0.3 is 30.1 Å². The third-order valence-corrected chi connectivity index (χ3v) is 10.9. The quantitative estimate of drug-likeness (QED) is 0.349. The lowest BCUT2D eigenvalue weighted by Crippen LogP contribution is -2.52. The molecule has 2 aromatic carbocycles. The second-order valence-corrected chi connectivity index (χ2v) is 12.7. The molecule has 1 spiro atoms. The summed E-state index contributed by atoms with van der Waals surface area (Å²) in [5, 5.41) is 15.3. The number of carbonyl (C=O) groups is 3. The smallest absolute Gasteiger partial charge is 0.248 e. The number of hydrogen-bond acceptors (Lipinski definition) is 7. The third-order valence-electron chi connectivity index (χ3n) is 7.69. The van der Waals surface area contributed by atoms with Gasteiger partial charge in [-0.1, -0.05) is 15.9 Å². The first-order chi connectivity index (χ1) is 18.8. The molecule has 2 bridgehead atoms. The van der Waals surface area contributed by atoms with Crippen LogP contribution in [0.25, 0.3) is 0 Å². The van der Waals surface area contributed by atoms with Crippen LogP contribution in [-0.2, 0) is 14.4 Å². The van der Waals surface area contributed by atoms with Crippen molar-refractivity contribution in [1.82, 2.24) is 4.90 Å². The van der Waals surface area contributed by atoms with Crippen LogP contribution in [0.4, 0.5) is 11.4 Å². The van der Waals surface area contributed by atoms with Crippen molar-refractivity contribution in [1.29, 1.82) is 0 Å². The lowest BCUT2D eigenvalue weighted by molar-refractivity contribution is -0.138. The number of halogens is 1.